The maximum absolute atomic E-state index is 12.6. The molecule has 9 heteroatoms. The SMILES string of the molecule is O=S(=O)(c1ncc(-c2cccs2)[nH]1)c1ncc(-c2cccs2)[nH]1. The number of sulfone groups is 1. The topological polar surface area (TPSA) is 91.5 Å². The third kappa shape index (κ3) is 2.52. The van der Waals surface area contributed by atoms with Gasteiger partial charge in [0.2, 0.25) is 10.3 Å². The van der Waals surface area contributed by atoms with E-state index in [1.807, 2.05) is 35.0 Å². The largest absolute Gasteiger partial charge is 0.328 e. The maximum atomic E-state index is 12.6. The van der Waals surface area contributed by atoms with Gasteiger partial charge in [0.05, 0.1) is 33.5 Å². The predicted octanol–water partition coefficient (Wildman–Crippen LogP) is 3.42. The fourth-order valence-corrected chi connectivity index (χ4v) is 4.52. The minimum Gasteiger partial charge on any atom is -0.328 e. The van der Waals surface area contributed by atoms with E-state index in [1.165, 1.54) is 35.1 Å². The van der Waals surface area contributed by atoms with Crippen molar-refractivity contribution in [1.82, 2.24) is 19.9 Å². The zero-order chi connectivity index (χ0) is 15.9. The fourth-order valence-electron chi connectivity index (χ4n) is 2.08. The summed E-state index contributed by atoms with van der Waals surface area (Å²) in [5.74, 6) is 0. The van der Waals surface area contributed by atoms with Crippen molar-refractivity contribution in [3.05, 3.63) is 47.4 Å². The monoisotopic (exact) mass is 362 g/mol. The summed E-state index contributed by atoms with van der Waals surface area (Å²) >= 11 is 3.02. The van der Waals surface area contributed by atoms with Crippen molar-refractivity contribution in [3.8, 4) is 21.1 Å². The lowest BCUT2D eigenvalue weighted by Gasteiger charge is -1.96. The molecule has 0 aliphatic heterocycles. The van der Waals surface area contributed by atoms with Crippen LogP contribution >= 0.6 is 22.7 Å². The molecule has 4 heterocycles. The summed E-state index contributed by atoms with van der Waals surface area (Å²) in [7, 11) is -3.80. The van der Waals surface area contributed by atoms with Crippen LogP contribution in [0.1, 0.15) is 0 Å². The summed E-state index contributed by atoms with van der Waals surface area (Å²) in [4.78, 5) is 15.6. The molecule has 0 amide bonds. The molecule has 4 aromatic rings. The molecular formula is C14H10N4O2S3. The molecule has 4 aromatic heterocycles. The normalized spacial score (nSPS) is 11.8. The first-order valence-electron chi connectivity index (χ1n) is 6.57. The number of aromatic nitrogens is 4. The number of rotatable bonds is 4. The summed E-state index contributed by atoms with van der Waals surface area (Å²) in [6, 6.07) is 7.59. The van der Waals surface area contributed by atoms with E-state index in [4.69, 9.17) is 0 Å². The Labute approximate surface area is 139 Å². The van der Waals surface area contributed by atoms with Gasteiger partial charge in [-0.3, -0.25) is 0 Å². The van der Waals surface area contributed by atoms with Crippen LogP contribution in [0, 0.1) is 0 Å². The van der Waals surface area contributed by atoms with Crippen molar-refractivity contribution < 1.29 is 8.42 Å². The van der Waals surface area contributed by atoms with Crippen molar-refractivity contribution in [1.29, 1.82) is 0 Å². The first-order valence-corrected chi connectivity index (χ1v) is 9.82. The Hall–Kier alpha value is -2.23. The molecule has 23 heavy (non-hydrogen) atoms. The molecule has 0 spiro atoms. The van der Waals surface area contributed by atoms with E-state index in [9.17, 15) is 8.42 Å². The lowest BCUT2D eigenvalue weighted by molar-refractivity contribution is 0.581. The molecule has 0 aliphatic rings. The summed E-state index contributed by atoms with van der Waals surface area (Å²) in [6.45, 7) is 0. The number of nitrogens with one attached hydrogen (secondary N) is 2. The number of hydrogen-bond acceptors (Lipinski definition) is 6. The average molecular weight is 362 g/mol. The summed E-state index contributed by atoms with van der Waals surface area (Å²) < 4.78 is 25.2. The molecule has 0 saturated heterocycles. The van der Waals surface area contributed by atoms with Crippen LogP contribution in [0.15, 0.2) is 57.7 Å². The van der Waals surface area contributed by atoms with Gasteiger partial charge in [0.15, 0.2) is 0 Å². The number of aromatic amines is 2. The van der Waals surface area contributed by atoms with E-state index >= 15 is 0 Å². The van der Waals surface area contributed by atoms with Gasteiger partial charge in [-0.05, 0) is 22.9 Å². The molecule has 2 N–H and O–H groups in total. The van der Waals surface area contributed by atoms with Gasteiger partial charge in [0.1, 0.15) is 0 Å². The molecule has 0 aromatic carbocycles. The minimum atomic E-state index is -3.80. The number of thiophene rings is 2. The van der Waals surface area contributed by atoms with E-state index in [1.54, 1.807) is 0 Å². The highest BCUT2D eigenvalue weighted by atomic mass is 32.2. The van der Waals surface area contributed by atoms with Crippen LogP contribution < -0.4 is 0 Å². The predicted molar refractivity (Wildman–Crippen MR) is 89.3 cm³/mol. The van der Waals surface area contributed by atoms with Crippen molar-refractivity contribution in [2.45, 2.75) is 10.3 Å². The molecule has 0 atom stereocenters. The van der Waals surface area contributed by atoms with Crippen molar-refractivity contribution in [2.24, 2.45) is 0 Å². The maximum Gasteiger partial charge on any atom is 0.273 e. The second-order valence-electron chi connectivity index (χ2n) is 4.66. The molecule has 0 unspecified atom stereocenters. The summed E-state index contributed by atoms with van der Waals surface area (Å²) in [5, 5.41) is 3.61. The second kappa shape index (κ2) is 5.44. The van der Waals surface area contributed by atoms with Crippen LogP contribution in [-0.4, -0.2) is 28.4 Å². The Morgan fingerprint density at radius 2 is 1.30 bits per heavy atom. The van der Waals surface area contributed by atoms with E-state index in [-0.39, 0.29) is 10.3 Å². The molecule has 0 fully saturated rings. The second-order valence-corrected chi connectivity index (χ2v) is 8.34. The third-order valence-corrected chi connectivity index (χ3v) is 6.43. The Morgan fingerprint density at radius 1 is 0.826 bits per heavy atom. The first-order chi connectivity index (χ1) is 11.1. The lowest BCUT2D eigenvalue weighted by atomic mass is 10.4. The molecule has 0 radical (unpaired) electrons. The van der Waals surface area contributed by atoms with E-state index in [2.05, 4.69) is 19.9 Å². The van der Waals surface area contributed by atoms with Gasteiger partial charge in [-0.15, -0.1) is 22.7 Å². The van der Waals surface area contributed by atoms with Crippen LogP contribution in [0.4, 0.5) is 0 Å². The molecular weight excluding hydrogens is 352 g/mol. The summed E-state index contributed by atoms with van der Waals surface area (Å²) in [6.07, 6.45) is 3.03. The van der Waals surface area contributed by atoms with Crippen LogP contribution in [0.3, 0.4) is 0 Å². The average Bonchev–Trinajstić information content (AvgIpc) is 3.36. The lowest BCUT2D eigenvalue weighted by Crippen LogP contribution is -2.06. The number of nitrogens with zero attached hydrogens (tertiary/aromatic N) is 2. The standard InChI is InChI=1S/C14H10N4O2S3/c19-23(20,13-15-7-9(17-13)11-3-1-5-21-11)14-16-8-10(18-14)12-4-2-6-22-12/h1-8H,(H,15,17)(H,16,18). The molecule has 116 valence electrons. The Kier molecular flexibility index (Phi) is 3.40. The van der Waals surface area contributed by atoms with Crippen LogP contribution in [-0.2, 0) is 9.84 Å². The Balaban J connectivity index is 1.71. The van der Waals surface area contributed by atoms with Gasteiger partial charge in [0.25, 0.3) is 9.84 Å². The van der Waals surface area contributed by atoms with Gasteiger partial charge in [-0.2, -0.15) is 0 Å². The van der Waals surface area contributed by atoms with E-state index in [0.717, 1.165) is 9.75 Å². The van der Waals surface area contributed by atoms with E-state index < -0.39 is 9.84 Å². The minimum absolute atomic E-state index is 0.118. The van der Waals surface area contributed by atoms with Crippen molar-refractivity contribution in [2.75, 3.05) is 0 Å². The Morgan fingerprint density at radius 3 is 1.70 bits per heavy atom. The van der Waals surface area contributed by atoms with Crippen LogP contribution in [0.2, 0.25) is 0 Å². The number of H-pyrrole nitrogens is 2. The van der Waals surface area contributed by atoms with Crippen LogP contribution in [0.5, 0.6) is 0 Å². The van der Waals surface area contributed by atoms with Gasteiger partial charge < -0.3 is 9.97 Å². The van der Waals surface area contributed by atoms with Gasteiger partial charge in [-0.1, -0.05) is 12.1 Å². The molecule has 0 bridgehead atoms. The first kappa shape index (κ1) is 14.4. The van der Waals surface area contributed by atoms with Gasteiger partial charge in [-0.25, -0.2) is 18.4 Å². The van der Waals surface area contributed by atoms with Gasteiger partial charge >= 0.3 is 0 Å². The quantitative estimate of drug-likeness (QED) is 0.582. The van der Waals surface area contributed by atoms with Crippen LogP contribution in [0.25, 0.3) is 21.1 Å². The van der Waals surface area contributed by atoms with Gasteiger partial charge in [0, 0.05) is 0 Å². The fraction of sp³-hybridized carbons (Fsp3) is 0. The Bertz CT molecular complexity index is 949. The van der Waals surface area contributed by atoms with Crippen molar-refractivity contribution >= 4 is 32.5 Å². The highest BCUT2D eigenvalue weighted by Gasteiger charge is 2.25. The summed E-state index contributed by atoms with van der Waals surface area (Å²) in [5.41, 5.74) is 1.34. The van der Waals surface area contributed by atoms with E-state index in [0.29, 0.717) is 11.4 Å². The zero-order valence-electron chi connectivity index (χ0n) is 11.6. The number of imidazole rings is 2. The highest BCUT2D eigenvalue weighted by Crippen LogP contribution is 2.27. The molecule has 0 saturated carbocycles. The van der Waals surface area contributed by atoms with Crippen molar-refractivity contribution in [3.63, 3.8) is 0 Å². The molecule has 6 nitrogen and oxygen atoms in total. The highest BCUT2D eigenvalue weighted by molar-refractivity contribution is 7.91. The molecule has 4 rings (SSSR count). The zero-order valence-corrected chi connectivity index (χ0v) is 14.0. The third-order valence-electron chi connectivity index (χ3n) is 3.19. The molecule has 0 aliphatic carbocycles. The smallest absolute Gasteiger partial charge is 0.273 e. The number of hydrogen-bond donors (Lipinski definition) is 2.